The maximum Gasteiger partial charge on any atom is 0.228 e. The van der Waals surface area contributed by atoms with Crippen LogP contribution < -0.4 is 5.32 Å². The first kappa shape index (κ1) is 14.8. The van der Waals surface area contributed by atoms with Crippen LogP contribution in [0.25, 0.3) is 0 Å². The molecule has 0 saturated carbocycles. The molecule has 1 N–H and O–H groups in total. The van der Waals surface area contributed by atoms with E-state index in [1.807, 2.05) is 6.07 Å². The van der Waals surface area contributed by atoms with Gasteiger partial charge in [0.25, 0.3) is 0 Å². The number of carbonyl (C=O) groups is 1. The van der Waals surface area contributed by atoms with Crippen LogP contribution in [0.1, 0.15) is 22.1 Å². The van der Waals surface area contributed by atoms with E-state index < -0.39 is 5.38 Å². The second kappa shape index (κ2) is 5.59. The van der Waals surface area contributed by atoms with Crippen LogP contribution in [0.4, 0.5) is 10.1 Å². The predicted octanol–water partition coefficient (Wildman–Crippen LogP) is 5.06. The number of alkyl halides is 1. The standard InChI is InChI=1S/C15H9BrCl2FNO/c16-10-4-7(1-2-12(10)19)15(18)9-3-8-5-14(21)20-13(8)6-11(9)17/h1-4,6,15H,5H2,(H,20,21). The highest BCUT2D eigenvalue weighted by molar-refractivity contribution is 9.10. The molecule has 0 aromatic heterocycles. The fourth-order valence-corrected chi connectivity index (χ4v) is 3.35. The largest absolute Gasteiger partial charge is 0.325 e. The maximum absolute atomic E-state index is 13.3. The van der Waals surface area contributed by atoms with Crippen LogP contribution in [0.3, 0.4) is 0 Å². The molecule has 0 spiro atoms. The molecule has 2 nitrogen and oxygen atoms in total. The van der Waals surface area contributed by atoms with Crippen molar-refractivity contribution in [3.63, 3.8) is 0 Å². The lowest BCUT2D eigenvalue weighted by molar-refractivity contribution is -0.115. The van der Waals surface area contributed by atoms with Gasteiger partial charge < -0.3 is 5.32 Å². The second-order valence-corrected chi connectivity index (χ2v) is 6.49. The summed E-state index contributed by atoms with van der Waals surface area (Å²) < 4.78 is 13.7. The van der Waals surface area contributed by atoms with Gasteiger partial charge in [-0.05, 0) is 56.9 Å². The number of rotatable bonds is 2. The van der Waals surface area contributed by atoms with Crippen molar-refractivity contribution in [3.8, 4) is 0 Å². The molecule has 1 atom stereocenters. The molecule has 1 unspecified atom stereocenters. The predicted molar refractivity (Wildman–Crippen MR) is 85.6 cm³/mol. The van der Waals surface area contributed by atoms with Crippen LogP contribution in [0, 0.1) is 5.82 Å². The molecule has 1 amide bonds. The second-order valence-electron chi connectivity index (χ2n) is 4.79. The number of hydrogen-bond acceptors (Lipinski definition) is 1. The number of carbonyl (C=O) groups excluding carboxylic acids is 1. The Morgan fingerprint density at radius 2 is 2.05 bits per heavy atom. The molecule has 0 radical (unpaired) electrons. The highest BCUT2D eigenvalue weighted by Crippen LogP contribution is 2.39. The lowest BCUT2D eigenvalue weighted by atomic mass is 10.0. The molecule has 2 aromatic carbocycles. The SMILES string of the molecule is O=C1Cc2cc(C(Cl)c3ccc(F)c(Br)c3)c(Cl)cc2N1. The summed E-state index contributed by atoms with van der Waals surface area (Å²) in [5.41, 5.74) is 3.01. The third-order valence-electron chi connectivity index (χ3n) is 3.36. The van der Waals surface area contributed by atoms with Crippen LogP contribution in [0.15, 0.2) is 34.8 Å². The zero-order valence-corrected chi connectivity index (χ0v) is 13.7. The number of fused-ring (bicyclic) bond motifs is 1. The topological polar surface area (TPSA) is 29.1 Å². The van der Waals surface area contributed by atoms with Gasteiger partial charge in [0.05, 0.1) is 16.3 Å². The summed E-state index contributed by atoms with van der Waals surface area (Å²) in [6.07, 6.45) is 0.316. The Morgan fingerprint density at radius 3 is 2.76 bits per heavy atom. The number of anilines is 1. The highest BCUT2D eigenvalue weighted by atomic mass is 79.9. The van der Waals surface area contributed by atoms with Crippen molar-refractivity contribution < 1.29 is 9.18 Å². The van der Waals surface area contributed by atoms with Gasteiger partial charge in [0.1, 0.15) is 5.82 Å². The molecular weight excluding hydrogens is 380 g/mol. The summed E-state index contributed by atoms with van der Waals surface area (Å²) in [4.78, 5) is 11.4. The molecule has 2 aromatic rings. The van der Waals surface area contributed by atoms with Crippen molar-refractivity contribution in [2.24, 2.45) is 0 Å². The maximum atomic E-state index is 13.3. The van der Waals surface area contributed by atoms with Crippen molar-refractivity contribution in [1.82, 2.24) is 0 Å². The van der Waals surface area contributed by atoms with Crippen LogP contribution in [-0.2, 0) is 11.2 Å². The summed E-state index contributed by atoms with van der Waals surface area (Å²) in [7, 11) is 0. The zero-order chi connectivity index (χ0) is 15.1. The zero-order valence-electron chi connectivity index (χ0n) is 10.6. The Labute approximate surface area is 139 Å². The van der Waals surface area contributed by atoms with E-state index in [1.54, 1.807) is 18.2 Å². The van der Waals surface area contributed by atoms with Crippen molar-refractivity contribution in [2.75, 3.05) is 5.32 Å². The van der Waals surface area contributed by atoms with Gasteiger partial charge in [-0.15, -0.1) is 11.6 Å². The molecule has 1 heterocycles. The van der Waals surface area contributed by atoms with Gasteiger partial charge in [0.2, 0.25) is 5.91 Å². The van der Waals surface area contributed by atoms with E-state index in [0.717, 1.165) is 16.8 Å². The average molecular weight is 389 g/mol. The fraction of sp³-hybridized carbons (Fsp3) is 0.133. The van der Waals surface area contributed by atoms with E-state index in [9.17, 15) is 9.18 Å². The summed E-state index contributed by atoms with van der Waals surface area (Å²) in [5.74, 6) is -0.411. The van der Waals surface area contributed by atoms with E-state index in [4.69, 9.17) is 23.2 Å². The van der Waals surface area contributed by atoms with E-state index >= 15 is 0 Å². The molecule has 21 heavy (non-hydrogen) atoms. The van der Waals surface area contributed by atoms with Gasteiger partial charge in [-0.25, -0.2) is 4.39 Å². The first-order chi connectivity index (χ1) is 9.95. The van der Waals surface area contributed by atoms with E-state index in [0.29, 0.717) is 21.5 Å². The van der Waals surface area contributed by atoms with Gasteiger partial charge in [-0.2, -0.15) is 0 Å². The summed E-state index contributed by atoms with van der Waals surface area (Å²) in [6.45, 7) is 0. The Balaban J connectivity index is 2.02. The van der Waals surface area contributed by atoms with Gasteiger partial charge in [-0.1, -0.05) is 17.7 Å². The number of amides is 1. The average Bonchev–Trinajstić information content (AvgIpc) is 2.79. The van der Waals surface area contributed by atoms with Crippen molar-refractivity contribution in [2.45, 2.75) is 11.8 Å². The molecule has 108 valence electrons. The number of benzene rings is 2. The number of nitrogens with one attached hydrogen (secondary N) is 1. The third kappa shape index (κ3) is 2.80. The molecule has 1 aliphatic heterocycles. The molecule has 3 rings (SSSR count). The Morgan fingerprint density at radius 1 is 1.29 bits per heavy atom. The van der Waals surface area contributed by atoms with Gasteiger partial charge in [0.15, 0.2) is 0 Å². The van der Waals surface area contributed by atoms with Crippen molar-refractivity contribution in [3.05, 3.63) is 62.3 Å². The first-order valence-electron chi connectivity index (χ1n) is 6.17. The number of hydrogen-bond donors (Lipinski definition) is 1. The Bertz CT molecular complexity index is 751. The normalized spacial score (nSPS) is 14.8. The highest BCUT2D eigenvalue weighted by Gasteiger charge is 2.23. The van der Waals surface area contributed by atoms with Crippen LogP contribution in [0.2, 0.25) is 5.02 Å². The van der Waals surface area contributed by atoms with Gasteiger partial charge >= 0.3 is 0 Å². The van der Waals surface area contributed by atoms with Crippen LogP contribution >= 0.6 is 39.1 Å². The summed E-state index contributed by atoms with van der Waals surface area (Å²) in [5, 5.41) is 2.69. The third-order valence-corrected chi connectivity index (χ3v) is 4.78. The van der Waals surface area contributed by atoms with Crippen molar-refractivity contribution in [1.29, 1.82) is 0 Å². The van der Waals surface area contributed by atoms with E-state index in [1.165, 1.54) is 6.07 Å². The first-order valence-corrected chi connectivity index (χ1v) is 7.77. The lowest BCUT2D eigenvalue weighted by Gasteiger charge is -2.14. The molecular formula is C15H9BrCl2FNO. The van der Waals surface area contributed by atoms with Crippen molar-refractivity contribution >= 4 is 50.7 Å². The van der Waals surface area contributed by atoms with E-state index in [-0.39, 0.29) is 11.7 Å². The minimum absolute atomic E-state index is 0.0612. The smallest absolute Gasteiger partial charge is 0.228 e. The molecule has 1 aliphatic rings. The quantitative estimate of drug-likeness (QED) is 0.715. The monoisotopic (exact) mass is 387 g/mol. The minimum Gasteiger partial charge on any atom is -0.325 e. The van der Waals surface area contributed by atoms with Gasteiger partial charge in [-0.3, -0.25) is 4.79 Å². The summed E-state index contributed by atoms with van der Waals surface area (Å²) in [6, 6.07) is 8.11. The van der Waals surface area contributed by atoms with Gasteiger partial charge in [0, 0.05) is 10.7 Å². The minimum atomic E-state index is -0.518. The molecule has 0 fully saturated rings. The molecule has 0 aliphatic carbocycles. The van der Waals surface area contributed by atoms with E-state index in [2.05, 4.69) is 21.2 Å². The molecule has 0 saturated heterocycles. The molecule has 6 heteroatoms. The Hall–Kier alpha value is -1.10. The van der Waals surface area contributed by atoms with Crippen LogP contribution in [0.5, 0.6) is 0 Å². The fourth-order valence-electron chi connectivity index (χ4n) is 2.31. The Kier molecular flexibility index (Phi) is 3.95. The summed E-state index contributed by atoms with van der Waals surface area (Å²) >= 11 is 15.9. The van der Waals surface area contributed by atoms with Crippen LogP contribution in [-0.4, -0.2) is 5.91 Å². The number of halogens is 4. The molecule has 0 bridgehead atoms. The lowest BCUT2D eigenvalue weighted by Crippen LogP contribution is -2.03.